The van der Waals surface area contributed by atoms with Crippen LogP contribution in [0.2, 0.25) is 0 Å². The first-order valence-corrected chi connectivity index (χ1v) is 4.77. The quantitative estimate of drug-likeness (QED) is 0.882. The van der Waals surface area contributed by atoms with E-state index in [0.717, 1.165) is 16.8 Å². The van der Waals surface area contributed by atoms with Crippen LogP contribution in [0.3, 0.4) is 0 Å². The normalized spacial score (nSPS) is 11.5. The van der Waals surface area contributed by atoms with Crippen LogP contribution in [0.25, 0.3) is 5.82 Å². The molecule has 0 fully saturated rings. The van der Waals surface area contributed by atoms with E-state index in [9.17, 15) is 18.0 Å². The van der Waals surface area contributed by atoms with Gasteiger partial charge in [0.05, 0.1) is 6.20 Å². The lowest BCUT2D eigenvalue weighted by atomic mass is 10.2. The molecule has 0 spiro atoms. The molecule has 2 aromatic heterocycles. The zero-order chi connectivity index (χ0) is 13.3. The predicted molar refractivity (Wildman–Crippen MR) is 54.9 cm³/mol. The van der Waals surface area contributed by atoms with E-state index in [1.807, 2.05) is 0 Å². The van der Waals surface area contributed by atoms with Gasteiger partial charge in [-0.3, -0.25) is 4.79 Å². The van der Waals surface area contributed by atoms with Gasteiger partial charge in [-0.1, -0.05) is 0 Å². The van der Waals surface area contributed by atoms with E-state index in [4.69, 9.17) is 5.73 Å². The molecule has 2 aromatic rings. The van der Waals surface area contributed by atoms with Crippen LogP contribution in [0.4, 0.5) is 13.2 Å². The van der Waals surface area contributed by atoms with Gasteiger partial charge in [0, 0.05) is 6.20 Å². The van der Waals surface area contributed by atoms with Crippen LogP contribution < -0.4 is 5.73 Å². The molecule has 0 unspecified atom stereocenters. The Morgan fingerprint density at radius 2 is 2.00 bits per heavy atom. The molecular weight excluding hydrogens is 249 g/mol. The highest BCUT2D eigenvalue weighted by Gasteiger charge is 2.35. The molecule has 18 heavy (non-hydrogen) atoms. The van der Waals surface area contributed by atoms with E-state index in [0.29, 0.717) is 0 Å². The molecule has 1 amide bonds. The summed E-state index contributed by atoms with van der Waals surface area (Å²) in [5.74, 6) is -1.37. The Hall–Kier alpha value is -2.38. The second kappa shape index (κ2) is 4.13. The third kappa shape index (κ3) is 2.04. The zero-order valence-electron chi connectivity index (χ0n) is 8.85. The number of rotatable bonds is 2. The van der Waals surface area contributed by atoms with Gasteiger partial charge in [0.1, 0.15) is 11.3 Å². The standard InChI is InChI=1S/C10H7F3N4O/c11-10(12,13)6-2-1-4-15-9(6)17-7(8(14)18)3-5-16-17/h1-5H,(H2,14,18). The third-order valence-electron chi connectivity index (χ3n) is 2.19. The van der Waals surface area contributed by atoms with Crippen molar-refractivity contribution in [3.63, 3.8) is 0 Å². The predicted octanol–water partition coefficient (Wildman–Crippen LogP) is 1.38. The third-order valence-corrected chi connectivity index (χ3v) is 2.19. The van der Waals surface area contributed by atoms with Gasteiger partial charge in [0.2, 0.25) is 0 Å². The molecule has 0 bridgehead atoms. The highest BCUT2D eigenvalue weighted by Crippen LogP contribution is 2.32. The largest absolute Gasteiger partial charge is 0.420 e. The Balaban J connectivity index is 2.65. The van der Waals surface area contributed by atoms with E-state index in [2.05, 4.69) is 10.1 Å². The van der Waals surface area contributed by atoms with Crippen molar-refractivity contribution in [2.24, 2.45) is 5.73 Å². The van der Waals surface area contributed by atoms with Crippen molar-refractivity contribution in [2.45, 2.75) is 6.18 Å². The molecule has 8 heteroatoms. The summed E-state index contributed by atoms with van der Waals surface area (Å²) in [6, 6.07) is 3.23. The minimum atomic E-state index is -4.59. The molecule has 0 saturated carbocycles. The molecule has 0 aliphatic heterocycles. The molecule has 0 saturated heterocycles. The number of pyridine rings is 1. The molecule has 5 nitrogen and oxygen atoms in total. The lowest BCUT2D eigenvalue weighted by Crippen LogP contribution is -2.20. The maximum absolute atomic E-state index is 12.8. The van der Waals surface area contributed by atoms with Gasteiger partial charge < -0.3 is 5.73 Å². The maximum Gasteiger partial charge on any atom is 0.420 e. The van der Waals surface area contributed by atoms with Gasteiger partial charge >= 0.3 is 6.18 Å². The van der Waals surface area contributed by atoms with Gasteiger partial charge in [-0.05, 0) is 18.2 Å². The molecule has 0 aliphatic carbocycles. The Bertz CT molecular complexity index is 591. The average Bonchev–Trinajstić information content (AvgIpc) is 2.76. The van der Waals surface area contributed by atoms with Gasteiger partial charge in [-0.2, -0.15) is 18.3 Å². The fraction of sp³-hybridized carbons (Fsp3) is 0.100. The van der Waals surface area contributed by atoms with E-state index in [1.54, 1.807) is 0 Å². The lowest BCUT2D eigenvalue weighted by Gasteiger charge is -2.12. The smallest absolute Gasteiger partial charge is 0.364 e. The van der Waals surface area contributed by atoms with Crippen molar-refractivity contribution in [1.29, 1.82) is 0 Å². The topological polar surface area (TPSA) is 73.8 Å². The van der Waals surface area contributed by atoms with Gasteiger partial charge in [-0.15, -0.1) is 0 Å². The Morgan fingerprint density at radius 1 is 1.28 bits per heavy atom. The summed E-state index contributed by atoms with van der Waals surface area (Å²) < 4.78 is 39.1. The van der Waals surface area contributed by atoms with Crippen LogP contribution in [0, 0.1) is 0 Å². The minimum Gasteiger partial charge on any atom is -0.364 e. The molecule has 0 radical (unpaired) electrons. The van der Waals surface area contributed by atoms with Crippen molar-refractivity contribution in [2.75, 3.05) is 0 Å². The molecule has 0 atom stereocenters. The number of nitrogens with two attached hydrogens (primary N) is 1. The summed E-state index contributed by atoms with van der Waals surface area (Å²) in [7, 11) is 0. The van der Waals surface area contributed by atoms with Crippen LogP contribution in [0.5, 0.6) is 0 Å². The average molecular weight is 256 g/mol. The fourth-order valence-electron chi connectivity index (χ4n) is 1.45. The summed E-state index contributed by atoms with van der Waals surface area (Å²) in [4.78, 5) is 14.7. The van der Waals surface area contributed by atoms with Crippen LogP contribution in [0.1, 0.15) is 16.1 Å². The zero-order valence-corrected chi connectivity index (χ0v) is 8.85. The van der Waals surface area contributed by atoms with E-state index < -0.39 is 23.5 Å². The van der Waals surface area contributed by atoms with Gasteiger partial charge in [0.25, 0.3) is 5.91 Å². The van der Waals surface area contributed by atoms with Crippen molar-refractivity contribution < 1.29 is 18.0 Å². The first-order valence-electron chi connectivity index (χ1n) is 4.77. The van der Waals surface area contributed by atoms with Crippen molar-refractivity contribution in [1.82, 2.24) is 14.8 Å². The monoisotopic (exact) mass is 256 g/mol. The first-order chi connectivity index (χ1) is 8.41. The maximum atomic E-state index is 12.8. The second-order valence-electron chi connectivity index (χ2n) is 3.36. The van der Waals surface area contributed by atoms with Crippen molar-refractivity contribution >= 4 is 5.91 Å². The number of alkyl halides is 3. The molecule has 2 rings (SSSR count). The van der Waals surface area contributed by atoms with Crippen LogP contribution in [-0.2, 0) is 6.18 Å². The molecular formula is C10H7F3N4O. The number of hydrogen-bond donors (Lipinski definition) is 1. The number of aromatic nitrogens is 3. The number of hydrogen-bond acceptors (Lipinski definition) is 3. The summed E-state index contributed by atoms with van der Waals surface area (Å²) in [6.07, 6.45) is -2.24. The number of nitrogens with zero attached hydrogens (tertiary/aromatic N) is 3. The molecule has 0 aliphatic rings. The second-order valence-corrected chi connectivity index (χ2v) is 3.36. The van der Waals surface area contributed by atoms with Gasteiger partial charge in [0.15, 0.2) is 5.82 Å². The summed E-state index contributed by atoms with van der Waals surface area (Å²) in [5, 5.41) is 3.64. The Kier molecular flexibility index (Phi) is 2.77. The first kappa shape index (κ1) is 12.1. The summed E-state index contributed by atoms with van der Waals surface area (Å²) in [5.41, 5.74) is 3.89. The Labute approximate surface area is 99.0 Å². The summed E-state index contributed by atoms with van der Waals surface area (Å²) >= 11 is 0. The molecule has 2 N–H and O–H groups in total. The highest BCUT2D eigenvalue weighted by atomic mass is 19.4. The van der Waals surface area contributed by atoms with Gasteiger partial charge in [-0.25, -0.2) is 9.67 Å². The van der Waals surface area contributed by atoms with Crippen molar-refractivity contribution in [3.05, 3.63) is 41.9 Å². The van der Waals surface area contributed by atoms with Crippen molar-refractivity contribution in [3.8, 4) is 5.82 Å². The number of amides is 1. The minimum absolute atomic E-state index is 0.167. The van der Waals surface area contributed by atoms with E-state index in [1.165, 1.54) is 18.5 Å². The van der Waals surface area contributed by atoms with Crippen LogP contribution in [0.15, 0.2) is 30.6 Å². The molecule has 0 aromatic carbocycles. The lowest BCUT2D eigenvalue weighted by molar-refractivity contribution is -0.137. The Morgan fingerprint density at radius 3 is 2.61 bits per heavy atom. The van der Waals surface area contributed by atoms with E-state index in [-0.39, 0.29) is 5.69 Å². The van der Waals surface area contributed by atoms with Crippen LogP contribution >= 0.6 is 0 Å². The number of carbonyl (C=O) groups is 1. The highest BCUT2D eigenvalue weighted by molar-refractivity contribution is 5.91. The van der Waals surface area contributed by atoms with Crippen LogP contribution in [-0.4, -0.2) is 20.7 Å². The van der Waals surface area contributed by atoms with E-state index >= 15 is 0 Å². The number of halogens is 3. The number of carbonyl (C=O) groups excluding carboxylic acids is 1. The molecule has 2 heterocycles. The fourth-order valence-corrected chi connectivity index (χ4v) is 1.45. The summed E-state index contributed by atoms with van der Waals surface area (Å²) in [6.45, 7) is 0. The number of primary amides is 1. The molecule has 94 valence electrons. The SMILES string of the molecule is NC(=O)c1ccnn1-c1ncccc1C(F)(F)F.